The lowest BCUT2D eigenvalue weighted by atomic mass is 10.1. The average Bonchev–Trinajstić information content (AvgIpc) is 2.48. The lowest BCUT2D eigenvalue weighted by Crippen LogP contribution is -2.23. The summed E-state index contributed by atoms with van der Waals surface area (Å²) in [6, 6.07) is 10.8. The zero-order valence-corrected chi connectivity index (χ0v) is 11.5. The largest absolute Gasteiger partial charge is 0.366 e. The molecule has 21 heavy (non-hydrogen) atoms. The Kier molecular flexibility index (Phi) is 4.33. The van der Waals surface area contributed by atoms with Gasteiger partial charge >= 0.3 is 0 Å². The molecule has 0 aliphatic heterocycles. The van der Waals surface area contributed by atoms with E-state index < -0.39 is 5.91 Å². The molecule has 2 amide bonds. The van der Waals surface area contributed by atoms with Gasteiger partial charge in [0.05, 0.1) is 0 Å². The fourth-order valence-electron chi connectivity index (χ4n) is 1.82. The van der Waals surface area contributed by atoms with Crippen LogP contribution >= 0.6 is 0 Å². The molecule has 5 heteroatoms. The maximum absolute atomic E-state index is 13.4. The third-order valence-corrected chi connectivity index (χ3v) is 3.12. The highest BCUT2D eigenvalue weighted by molar-refractivity contribution is 5.97. The molecule has 3 N–H and O–H groups in total. The quantitative estimate of drug-likeness (QED) is 0.904. The highest BCUT2D eigenvalue weighted by Crippen LogP contribution is 2.09. The molecule has 2 aromatic carbocycles. The highest BCUT2D eigenvalue weighted by atomic mass is 19.1. The molecule has 4 nitrogen and oxygen atoms in total. The van der Waals surface area contributed by atoms with Gasteiger partial charge in [-0.2, -0.15) is 0 Å². The van der Waals surface area contributed by atoms with Crippen molar-refractivity contribution < 1.29 is 14.0 Å². The lowest BCUT2D eigenvalue weighted by molar-refractivity contribution is 0.0948. The number of hydrogen-bond acceptors (Lipinski definition) is 2. The predicted molar refractivity (Wildman–Crippen MR) is 77.3 cm³/mol. The summed E-state index contributed by atoms with van der Waals surface area (Å²) in [5.74, 6) is -1.14. The van der Waals surface area contributed by atoms with Crippen LogP contribution in [0.5, 0.6) is 0 Å². The molecule has 0 aliphatic carbocycles. The van der Waals surface area contributed by atoms with Crippen LogP contribution in [0.4, 0.5) is 4.39 Å². The van der Waals surface area contributed by atoms with E-state index in [9.17, 15) is 14.0 Å². The summed E-state index contributed by atoms with van der Waals surface area (Å²) in [6.45, 7) is 1.91. The van der Waals surface area contributed by atoms with Gasteiger partial charge in [-0.15, -0.1) is 0 Å². The number of rotatable bonds is 4. The average molecular weight is 286 g/mol. The van der Waals surface area contributed by atoms with Crippen LogP contribution in [0.2, 0.25) is 0 Å². The molecule has 2 aromatic rings. The van der Waals surface area contributed by atoms with Gasteiger partial charge in [-0.1, -0.05) is 12.1 Å². The van der Waals surface area contributed by atoms with Gasteiger partial charge in [-0.25, -0.2) is 4.39 Å². The summed E-state index contributed by atoms with van der Waals surface area (Å²) < 4.78 is 13.4. The lowest BCUT2D eigenvalue weighted by Gasteiger charge is -2.07. The van der Waals surface area contributed by atoms with Crippen LogP contribution < -0.4 is 11.1 Å². The number of aryl methyl sites for hydroxylation is 1. The minimum Gasteiger partial charge on any atom is -0.366 e. The Bertz CT molecular complexity index is 681. The number of hydrogen-bond donors (Lipinski definition) is 2. The van der Waals surface area contributed by atoms with E-state index in [0.717, 1.165) is 0 Å². The molecule has 0 spiro atoms. The summed E-state index contributed by atoms with van der Waals surface area (Å²) in [4.78, 5) is 22.9. The second-order valence-electron chi connectivity index (χ2n) is 4.71. The first-order valence-electron chi connectivity index (χ1n) is 6.40. The summed E-state index contributed by atoms with van der Waals surface area (Å²) in [5.41, 5.74) is 7.12. The van der Waals surface area contributed by atoms with Crippen LogP contribution in [-0.2, 0) is 6.54 Å². The van der Waals surface area contributed by atoms with Crippen molar-refractivity contribution in [3.63, 3.8) is 0 Å². The molecule has 0 saturated carbocycles. The molecule has 2 rings (SSSR count). The van der Waals surface area contributed by atoms with Gasteiger partial charge in [0.25, 0.3) is 5.91 Å². The number of nitrogens with two attached hydrogens (primary N) is 1. The molecular weight excluding hydrogens is 271 g/mol. The van der Waals surface area contributed by atoms with E-state index in [1.54, 1.807) is 19.1 Å². The van der Waals surface area contributed by atoms with Crippen molar-refractivity contribution in [3.8, 4) is 0 Å². The Balaban J connectivity index is 2.01. The summed E-state index contributed by atoms with van der Waals surface area (Å²) in [6.07, 6.45) is 0. The zero-order valence-electron chi connectivity index (χ0n) is 11.5. The first kappa shape index (κ1) is 14.7. The molecule has 108 valence electrons. The van der Waals surface area contributed by atoms with Gasteiger partial charge in [0, 0.05) is 17.7 Å². The molecule has 0 saturated heterocycles. The summed E-state index contributed by atoms with van der Waals surface area (Å²) in [5, 5.41) is 2.69. The van der Waals surface area contributed by atoms with Crippen LogP contribution in [0, 0.1) is 12.7 Å². The van der Waals surface area contributed by atoms with Gasteiger partial charge in [-0.3, -0.25) is 9.59 Å². The normalized spacial score (nSPS) is 10.2. The van der Waals surface area contributed by atoms with Gasteiger partial charge in [0.15, 0.2) is 0 Å². The molecule has 0 unspecified atom stereocenters. The van der Waals surface area contributed by atoms with Crippen molar-refractivity contribution in [2.75, 3.05) is 0 Å². The van der Waals surface area contributed by atoms with Crippen molar-refractivity contribution in [1.82, 2.24) is 5.32 Å². The molecule has 0 radical (unpaired) electrons. The number of amides is 2. The van der Waals surface area contributed by atoms with E-state index in [0.29, 0.717) is 22.3 Å². The fourth-order valence-corrected chi connectivity index (χ4v) is 1.82. The standard InChI is InChI=1S/C16H15FN2O2/c1-10-2-3-11(8-14(10)17)9-19-16(21)13-6-4-12(5-7-13)15(18)20/h2-8H,9H2,1H3,(H2,18,20)(H,19,21). The molecule has 0 aliphatic rings. The van der Waals surface area contributed by atoms with E-state index in [2.05, 4.69) is 5.32 Å². The second-order valence-corrected chi connectivity index (χ2v) is 4.71. The first-order valence-corrected chi connectivity index (χ1v) is 6.40. The van der Waals surface area contributed by atoms with Crippen LogP contribution in [-0.4, -0.2) is 11.8 Å². The summed E-state index contributed by atoms with van der Waals surface area (Å²) in [7, 11) is 0. The molecule has 0 fully saturated rings. The zero-order chi connectivity index (χ0) is 15.4. The first-order chi connectivity index (χ1) is 9.97. The van der Waals surface area contributed by atoms with Crippen LogP contribution in [0.15, 0.2) is 42.5 Å². The molecule has 0 atom stereocenters. The fraction of sp³-hybridized carbons (Fsp3) is 0.125. The van der Waals surface area contributed by atoms with E-state index >= 15 is 0 Å². The molecule has 0 heterocycles. The third-order valence-electron chi connectivity index (χ3n) is 3.12. The van der Waals surface area contributed by atoms with E-state index in [1.807, 2.05) is 0 Å². The smallest absolute Gasteiger partial charge is 0.251 e. The minimum atomic E-state index is -0.544. The van der Waals surface area contributed by atoms with Gasteiger partial charge < -0.3 is 11.1 Å². The van der Waals surface area contributed by atoms with Crippen molar-refractivity contribution in [2.45, 2.75) is 13.5 Å². The van der Waals surface area contributed by atoms with Gasteiger partial charge in [0.1, 0.15) is 5.82 Å². The number of benzene rings is 2. The van der Waals surface area contributed by atoms with Crippen LogP contribution in [0.3, 0.4) is 0 Å². The number of carbonyl (C=O) groups excluding carboxylic acids is 2. The Morgan fingerprint density at radius 2 is 1.71 bits per heavy atom. The summed E-state index contributed by atoms with van der Waals surface area (Å²) >= 11 is 0. The second kappa shape index (κ2) is 6.17. The Labute approximate surface area is 121 Å². The predicted octanol–water partition coefficient (Wildman–Crippen LogP) is 2.16. The van der Waals surface area contributed by atoms with Crippen molar-refractivity contribution in [2.24, 2.45) is 5.73 Å². The monoisotopic (exact) mass is 286 g/mol. The molecule has 0 bridgehead atoms. The van der Waals surface area contributed by atoms with Crippen molar-refractivity contribution in [3.05, 3.63) is 70.5 Å². The maximum atomic E-state index is 13.4. The molecule has 0 aromatic heterocycles. The third kappa shape index (κ3) is 3.66. The van der Waals surface area contributed by atoms with Crippen molar-refractivity contribution >= 4 is 11.8 Å². The number of halogens is 1. The van der Waals surface area contributed by atoms with Gasteiger partial charge in [0.2, 0.25) is 5.91 Å². The topological polar surface area (TPSA) is 72.2 Å². The molecular formula is C16H15FN2O2. The highest BCUT2D eigenvalue weighted by Gasteiger charge is 2.07. The minimum absolute atomic E-state index is 0.230. The Morgan fingerprint density at radius 1 is 1.10 bits per heavy atom. The number of primary amides is 1. The van der Waals surface area contributed by atoms with Crippen LogP contribution in [0.25, 0.3) is 0 Å². The maximum Gasteiger partial charge on any atom is 0.251 e. The van der Waals surface area contributed by atoms with E-state index in [4.69, 9.17) is 5.73 Å². The van der Waals surface area contributed by atoms with Crippen molar-refractivity contribution in [1.29, 1.82) is 0 Å². The van der Waals surface area contributed by atoms with Crippen LogP contribution in [0.1, 0.15) is 31.8 Å². The van der Waals surface area contributed by atoms with Gasteiger partial charge in [-0.05, 0) is 48.4 Å². The van der Waals surface area contributed by atoms with E-state index in [-0.39, 0.29) is 18.3 Å². The number of carbonyl (C=O) groups is 2. The SMILES string of the molecule is Cc1ccc(CNC(=O)c2ccc(C(N)=O)cc2)cc1F. The Morgan fingerprint density at radius 3 is 2.29 bits per heavy atom. The van der Waals surface area contributed by atoms with E-state index in [1.165, 1.54) is 30.3 Å². The Hall–Kier alpha value is -2.69. The number of nitrogens with one attached hydrogen (secondary N) is 1.